The first-order valence-electron chi connectivity index (χ1n) is 5.86. The molecule has 0 aromatic heterocycles. The average Bonchev–Trinajstić information content (AvgIpc) is 3.06. The van der Waals surface area contributed by atoms with E-state index < -0.39 is 5.41 Å². The van der Waals surface area contributed by atoms with Crippen molar-refractivity contribution in [2.75, 3.05) is 13.6 Å². The van der Waals surface area contributed by atoms with Crippen LogP contribution in [0.2, 0.25) is 0 Å². The van der Waals surface area contributed by atoms with E-state index in [0.29, 0.717) is 12.8 Å². The van der Waals surface area contributed by atoms with Crippen molar-refractivity contribution in [3.63, 3.8) is 0 Å². The average molecular weight is 256 g/mol. The number of amides is 2. The molecule has 0 radical (unpaired) electrons. The molecule has 0 atom stereocenters. The molecule has 18 heavy (non-hydrogen) atoms. The summed E-state index contributed by atoms with van der Waals surface area (Å²) in [6.45, 7) is 3.66. The molecular weight excluding hydrogens is 236 g/mol. The summed E-state index contributed by atoms with van der Waals surface area (Å²) in [5, 5.41) is 14.3. The molecule has 0 unspecified atom stereocenters. The molecule has 1 rings (SSSR count). The van der Waals surface area contributed by atoms with Crippen molar-refractivity contribution >= 4 is 17.6 Å². The van der Waals surface area contributed by atoms with Crippen LogP contribution in [-0.2, 0) is 9.59 Å². The van der Waals surface area contributed by atoms with Gasteiger partial charge < -0.3 is 21.2 Å². The molecule has 0 aromatic carbocycles. The largest absolute Gasteiger partial charge is 0.409 e. The zero-order valence-electron chi connectivity index (χ0n) is 10.9. The number of rotatable bonds is 5. The number of carbonyl (C=O) groups is 2. The van der Waals surface area contributed by atoms with Crippen LogP contribution in [0.15, 0.2) is 5.16 Å². The Morgan fingerprint density at radius 1 is 1.50 bits per heavy atom. The highest BCUT2D eigenvalue weighted by molar-refractivity contribution is 6.09. The number of nitrogens with zero attached hydrogens (tertiary/aromatic N) is 2. The molecule has 7 heteroatoms. The monoisotopic (exact) mass is 256 g/mol. The Labute approximate surface area is 106 Å². The Bertz CT molecular complexity index is 374. The minimum atomic E-state index is -0.901. The van der Waals surface area contributed by atoms with Crippen LogP contribution < -0.4 is 11.1 Å². The van der Waals surface area contributed by atoms with Gasteiger partial charge in [0.15, 0.2) is 5.84 Å². The molecule has 2 amide bonds. The fourth-order valence-electron chi connectivity index (χ4n) is 1.82. The quantitative estimate of drug-likeness (QED) is 0.266. The summed E-state index contributed by atoms with van der Waals surface area (Å²) in [6.07, 6.45) is 1.11. The molecule has 102 valence electrons. The second kappa shape index (κ2) is 5.24. The van der Waals surface area contributed by atoms with E-state index in [4.69, 9.17) is 10.9 Å². The van der Waals surface area contributed by atoms with Gasteiger partial charge in [0.05, 0.1) is 6.54 Å². The van der Waals surface area contributed by atoms with Crippen LogP contribution in [0.25, 0.3) is 0 Å². The Morgan fingerprint density at radius 3 is 2.44 bits per heavy atom. The number of hydrogen-bond acceptors (Lipinski definition) is 4. The lowest BCUT2D eigenvalue weighted by atomic mass is 10.0. The predicted octanol–water partition coefficient (Wildman–Crippen LogP) is -0.504. The Kier molecular flexibility index (Phi) is 4.15. The first-order chi connectivity index (χ1) is 8.33. The summed E-state index contributed by atoms with van der Waals surface area (Å²) in [4.78, 5) is 25.0. The van der Waals surface area contributed by atoms with Crippen LogP contribution in [0.3, 0.4) is 0 Å². The van der Waals surface area contributed by atoms with Gasteiger partial charge in [0, 0.05) is 13.1 Å². The molecule has 0 spiro atoms. The normalized spacial score (nSPS) is 17.4. The van der Waals surface area contributed by atoms with E-state index in [9.17, 15) is 9.59 Å². The van der Waals surface area contributed by atoms with Crippen molar-refractivity contribution < 1.29 is 14.8 Å². The highest BCUT2D eigenvalue weighted by Gasteiger charge is 2.55. The van der Waals surface area contributed by atoms with Crippen molar-refractivity contribution in [2.24, 2.45) is 16.3 Å². The molecule has 4 N–H and O–H groups in total. The number of amidine groups is 1. The van der Waals surface area contributed by atoms with Gasteiger partial charge in [0.1, 0.15) is 5.41 Å². The van der Waals surface area contributed by atoms with Gasteiger partial charge in [0.25, 0.3) is 0 Å². The van der Waals surface area contributed by atoms with Crippen LogP contribution in [0.5, 0.6) is 0 Å². The molecule has 1 saturated carbocycles. The summed E-state index contributed by atoms with van der Waals surface area (Å²) >= 11 is 0. The summed E-state index contributed by atoms with van der Waals surface area (Å²) in [7, 11) is 1.53. The van der Waals surface area contributed by atoms with Gasteiger partial charge >= 0.3 is 0 Å². The van der Waals surface area contributed by atoms with Crippen molar-refractivity contribution in [1.29, 1.82) is 0 Å². The van der Waals surface area contributed by atoms with Crippen LogP contribution in [0.4, 0.5) is 0 Å². The third kappa shape index (κ3) is 2.91. The van der Waals surface area contributed by atoms with E-state index >= 15 is 0 Å². The first kappa shape index (κ1) is 14.3. The van der Waals surface area contributed by atoms with Crippen LogP contribution >= 0.6 is 0 Å². The van der Waals surface area contributed by atoms with Gasteiger partial charge in [0.2, 0.25) is 11.8 Å². The minimum absolute atomic E-state index is 0.0277. The van der Waals surface area contributed by atoms with Gasteiger partial charge in [-0.1, -0.05) is 5.16 Å². The van der Waals surface area contributed by atoms with Gasteiger partial charge in [-0.25, -0.2) is 0 Å². The fourth-order valence-corrected chi connectivity index (χ4v) is 1.82. The van der Waals surface area contributed by atoms with Gasteiger partial charge in [-0.3, -0.25) is 9.59 Å². The molecule has 0 heterocycles. The SMILES string of the molecule is CC(C)NC(=O)CN(C)C(=O)C1(C(N)=NO)CC1. The van der Waals surface area contributed by atoms with Gasteiger partial charge in [-0.05, 0) is 26.7 Å². The minimum Gasteiger partial charge on any atom is -0.409 e. The van der Waals surface area contributed by atoms with E-state index in [1.807, 2.05) is 13.8 Å². The molecule has 1 aliphatic rings. The number of likely N-dealkylation sites (N-methyl/N-ethyl adjacent to an activating group) is 1. The van der Waals surface area contributed by atoms with Crippen molar-refractivity contribution in [1.82, 2.24) is 10.2 Å². The topological polar surface area (TPSA) is 108 Å². The smallest absolute Gasteiger partial charge is 0.239 e. The summed E-state index contributed by atoms with van der Waals surface area (Å²) < 4.78 is 0. The lowest BCUT2D eigenvalue weighted by molar-refractivity contribution is -0.137. The van der Waals surface area contributed by atoms with Crippen molar-refractivity contribution in [3.8, 4) is 0 Å². The van der Waals surface area contributed by atoms with E-state index in [-0.39, 0.29) is 30.2 Å². The standard InChI is InChI=1S/C11H20N4O3/c1-7(2)13-8(16)6-15(3)10(17)11(4-5-11)9(12)14-18/h7,18H,4-6H2,1-3H3,(H2,12,14)(H,13,16). The van der Waals surface area contributed by atoms with Crippen molar-refractivity contribution in [2.45, 2.75) is 32.7 Å². The highest BCUT2D eigenvalue weighted by atomic mass is 16.4. The van der Waals surface area contributed by atoms with Gasteiger partial charge in [-0.2, -0.15) is 0 Å². The second-order valence-corrected chi connectivity index (χ2v) is 4.95. The Morgan fingerprint density at radius 2 is 2.06 bits per heavy atom. The lowest BCUT2D eigenvalue weighted by Gasteiger charge is -2.22. The number of nitrogens with two attached hydrogens (primary N) is 1. The lowest BCUT2D eigenvalue weighted by Crippen LogP contribution is -2.46. The maximum Gasteiger partial charge on any atom is 0.239 e. The third-order valence-corrected chi connectivity index (χ3v) is 2.93. The van der Waals surface area contributed by atoms with Gasteiger partial charge in [-0.15, -0.1) is 0 Å². The summed E-state index contributed by atoms with van der Waals surface area (Å²) in [6, 6.07) is 0.0277. The number of oxime groups is 1. The molecule has 0 saturated heterocycles. The van der Waals surface area contributed by atoms with Crippen LogP contribution in [0.1, 0.15) is 26.7 Å². The zero-order valence-corrected chi connectivity index (χ0v) is 10.9. The maximum absolute atomic E-state index is 12.1. The summed E-state index contributed by atoms with van der Waals surface area (Å²) in [5.41, 5.74) is 4.61. The van der Waals surface area contributed by atoms with Crippen LogP contribution in [0, 0.1) is 5.41 Å². The zero-order chi connectivity index (χ0) is 13.9. The molecule has 7 nitrogen and oxygen atoms in total. The first-order valence-corrected chi connectivity index (χ1v) is 5.86. The van der Waals surface area contributed by atoms with Crippen molar-refractivity contribution in [3.05, 3.63) is 0 Å². The molecular formula is C11H20N4O3. The Balaban J connectivity index is 2.60. The molecule has 0 aromatic rings. The summed E-state index contributed by atoms with van der Waals surface area (Å²) in [5.74, 6) is -0.587. The van der Waals surface area contributed by atoms with E-state index in [1.54, 1.807) is 0 Å². The van der Waals surface area contributed by atoms with Crippen LogP contribution in [-0.4, -0.2) is 47.4 Å². The number of hydrogen-bond donors (Lipinski definition) is 3. The molecule has 0 aliphatic heterocycles. The fraction of sp³-hybridized carbons (Fsp3) is 0.727. The highest BCUT2D eigenvalue weighted by Crippen LogP contribution is 2.47. The molecule has 1 fully saturated rings. The molecule has 1 aliphatic carbocycles. The third-order valence-electron chi connectivity index (χ3n) is 2.93. The Hall–Kier alpha value is -1.79. The number of carbonyl (C=O) groups excluding carboxylic acids is 2. The van der Waals surface area contributed by atoms with E-state index in [2.05, 4.69) is 10.5 Å². The predicted molar refractivity (Wildman–Crippen MR) is 66.0 cm³/mol. The molecule has 0 bridgehead atoms. The maximum atomic E-state index is 12.1. The van der Waals surface area contributed by atoms with E-state index in [1.165, 1.54) is 11.9 Å². The van der Waals surface area contributed by atoms with E-state index in [0.717, 1.165) is 0 Å². The second-order valence-electron chi connectivity index (χ2n) is 4.95. The number of nitrogens with one attached hydrogen (secondary N) is 1.